The number of benzene rings is 1. The Bertz CT molecular complexity index is 2780. The van der Waals surface area contributed by atoms with Gasteiger partial charge in [0.15, 0.2) is 0 Å². The summed E-state index contributed by atoms with van der Waals surface area (Å²) in [5.74, 6) is -5.56. The molecule has 12 amide bonds. The molecule has 2 heterocycles. The van der Waals surface area contributed by atoms with Gasteiger partial charge in [-0.2, -0.15) is 0 Å². The highest BCUT2D eigenvalue weighted by Crippen LogP contribution is 2.31. The highest BCUT2D eigenvalue weighted by molar-refractivity contribution is 6.02. The molecule has 0 spiro atoms. The summed E-state index contributed by atoms with van der Waals surface area (Å²) in [5.41, 5.74) is 6.87. The van der Waals surface area contributed by atoms with Crippen LogP contribution in [0, 0.1) is 29.6 Å². The summed E-state index contributed by atoms with van der Waals surface area (Å²) in [6.07, 6.45) is 8.71. The molecule has 2 fully saturated rings. The Hall–Kier alpha value is -7.45. The Morgan fingerprint density at radius 2 is 1.40 bits per heavy atom. The zero-order valence-electron chi connectivity index (χ0n) is 58.0. The molecule has 94 heavy (non-hydrogen) atoms. The van der Waals surface area contributed by atoms with E-state index in [-0.39, 0.29) is 93.0 Å². The number of carbonyl (C=O) groups excluding carboxylic acids is 11. The highest BCUT2D eigenvalue weighted by atomic mass is 16.6. The van der Waals surface area contributed by atoms with Gasteiger partial charge in [0.2, 0.25) is 53.2 Å². The first-order valence-corrected chi connectivity index (χ1v) is 33.5. The van der Waals surface area contributed by atoms with Crippen LogP contribution in [0.1, 0.15) is 165 Å². The molecule has 26 nitrogen and oxygen atoms in total. The number of primary amides is 1. The Morgan fingerprint density at radius 3 is 1.98 bits per heavy atom. The lowest BCUT2D eigenvalue weighted by atomic mass is 9.89. The number of hydrogen-bond acceptors (Lipinski definition) is 15. The van der Waals surface area contributed by atoms with Gasteiger partial charge in [0.1, 0.15) is 30.8 Å². The smallest absolute Gasteiger partial charge is 0.410 e. The Kier molecular flexibility index (Phi) is 32.6. The topological polar surface area (TPSA) is 347 Å². The van der Waals surface area contributed by atoms with E-state index in [1.54, 1.807) is 96.5 Å². The minimum absolute atomic E-state index is 0.0860. The molecule has 9 unspecified atom stereocenters. The van der Waals surface area contributed by atoms with Gasteiger partial charge in [0.05, 0.1) is 48.8 Å². The number of likely N-dealkylation sites (N-methyl/N-ethyl adjacent to an activating group) is 2. The van der Waals surface area contributed by atoms with E-state index in [9.17, 15) is 57.8 Å². The van der Waals surface area contributed by atoms with Crippen LogP contribution in [0.2, 0.25) is 0 Å². The van der Waals surface area contributed by atoms with Crippen LogP contribution in [-0.2, 0) is 64.0 Å². The van der Waals surface area contributed by atoms with E-state index < -0.39 is 114 Å². The summed E-state index contributed by atoms with van der Waals surface area (Å²) in [6, 6.07) is -0.222. The molecule has 0 aromatic heterocycles. The molecule has 12 atom stereocenters. The van der Waals surface area contributed by atoms with Crippen LogP contribution >= 0.6 is 0 Å². The van der Waals surface area contributed by atoms with E-state index in [1.165, 1.54) is 31.1 Å². The Labute approximate surface area is 555 Å². The minimum atomic E-state index is -1.11. The third kappa shape index (κ3) is 23.2. The molecule has 0 bridgehead atoms. The second kappa shape index (κ2) is 38.8. The number of unbranched alkanes of at least 4 members (excludes halogenated alkanes) is 2. The van der Waals surface area contributed by atoms with Crippen LogP contribution < -0.4 is 37.6 Å². The number of nitrogens with zero attached hydrogens (tertiary/aromatic N) is 4. The SMILES string of the molecule is CCC(C)C(C(CC(=O)N1CCCC1C(OC)[C@@H](C)C(=O)NC(C)C(O)C1=CCCC=C1)OC)N(C)C(=O)[C@@H](NC(=O)C(C(C)C)N(C)C(=O)OCc1ccc(NC(=O)[C@H](CCCNC(N)=O)NC(=O)C(NC(=O)CCCCCN2C(=O)CCC2=O)C(C)C)cc1)C(C)C. The van der Waals surface area contributed by atoms with Gasteiger partial charge in [-0.05, 0) is 105 Å². The van der Waals surface area contributed by atoms with Crippen molar-refractivity contribution in [3.63, 3.8) is 0 Å². The molecule has 2 aliphatic heterocycles. The molecule has 526 valence electrons. The molecule has 26 heteroatoms. The van der Waals surface area contributed by atoms with E-state index in [1.807, 2.05) is 32.1 Å². The van der Waals surface area contributed by atoms with E-state index in [4.69, 9.17) is 19.9 Å². The summed E-state index contributed by atoms with van der Waals surface area (Å²) >= 11 is 0. The fourth-order valence-corrected chi connectivity index (χ4v) is 12.5. The van der Waals surface area contributed by atoms with Crippen molar-refractivity contribution in [2.75, 3.05) is 53.3 Å². The molecular formula is C68H109N11O15. The lowest BCUT2D eigenvalue weighted by molar-refractivity contribution is -0.148. The van der Waals surface area contributed by atoms with Crippen LogP contribution in [0.3, 0.4) is 0 Å². The quantitative estimate of drug-likeness (QED) is 0.0311. The molecule has 3 aliphatic rings. The third-order valence-corrected chi connectivity index (χ3v) is 18.2. The van der Waals surface area contributed by atoms with Gasteiger partial charge in [0, 0.05) is 72.9 Å². The minimum Gasteiger partial charge on any atom is -0.445 e. The number of likely N-dealkylation sites (tertiary alicyclic amines) is 2. The third-order valence-electron chi connectivity index (χ3n) is 18.2. The number of carbonyl (C=O) groups is 11. The average Bonchev–Trinajstić information content (AvgIpc) is 1.33. The predicted molar refractivity (Wildman–Crippen MR) is 355 cm³/mol. The number of anilines is 1. The standard InChI is InChI=1S/C68H109N11O15/c1-15-43(8)59(51(92-13)38-55(83)78-37-23-27-50(78)61(93-14)44(9)62(85)71-45(10)60(84)47-24-18-16-19-25-47)76(11)66(89)57(41(4)5)75-65(88)58(42(6)7)77(12)68(91)94-39-46-29-31-48(32-30-46)72-63(86)49(26-22-35-70-67(69)90)73-64(87)56(40(2)3)74-52(80)28-20-17-21-36-79-53(81)33-34-54(79)82/h18,24-25,29-32,40-45,49-51,56-61,84H,15-17,19-23,26-28,33-39H2,1-14H3,(H,71,85)(H,72,86)(H,73,87)(H,74,80)(H,75,88)(H3,69,70,90)/t43?,44-,45?,49+,50?,51?,56?,57+,58?,59?,60?,61?/m1/s1. The van der Waals surface area contributed by atoms with Gasteiger partial charge < -0.3 is 66.8 Å². The second-order valence-corrected chi connectivity index (χ2v) is 26.3. The summed E-state index contributed by atoms with van der Waals surface area (Å²) < 4.78 is 17.8. The van der Waals surface area contributed by atoms with Crippen molar-refractivity contribution < 1.29 is 72.1 Å². The van der Waals surface area contributed by atoms with Crippen LogP contribution in [0.5, 0.6) is 0 Å². The lowest BCUT2D eigenvalue weighted by Gasteiger charge is -2.41. The van der Waals surface area contributed by atoms with Gasteiger partial charge in [-0.1, -0.05) is 106 Å². The Balaban J connectivity index is 1.37. The van der Waals surface area contributed by atoms with Crippen molar-refractivity contribution in [1.82, 2.24) is 46.2 Å². The molecule has 4 rings (SSSR count). The predicted octanol–water partition coefficient (Wildman–Crippen LogP) is 5.20. The van der Waals surface area contributed by atoms with Crippen LogP contribution in [0.25, 0.3) is 0 Å². The summed E-state index contributed by atoms with van der Waals surface area (Å²) in [5, 5.41) is 27.7. The number of nitrogens with one attached hydrogen (secondary N) is 6. The second-order valence-electron chi connectivity index (χ2n) is 26.3. The van der Waals surface area contributed by atoms with Gasteiger partial charge in [0.25, 0.3) is 0 Å². The van der Waals surface area contributed by atoms with Crippen LogP contribution in [0.15, 0.2) is 48.1 Å². The van der Waals surface area contributed by atoms with Crippen molar-refractivity contribution in [1.29, 1.82) is 0 Å². The zero-order chi connectivity index (χ0) is 70.1. The van der Waals surface area contributed by atoms with Crippen molar-refractivity contribution in [2.45, 2.75) is 226 Å². The van der Waals surface area contributed by atoms with Gasteiger partial charge in [-0.15, -0.1) is 0 Å². The van der Waals surface area contributed by atoms with E-state index in [0.29, 0.717) is 62.9 Å². The van der Waals surface area contributed by atoms with Crippen molar-refractivity contribution in [3.8, 4) is 0 Å². The Morgan fingerprint density at radius 1 is 0.745 bits per heavy atom. The number of ether oxygens (including phenoxy) is 3. The number of aliphatic hydroxyl groups is 1. The molecule has 1 aromatic carbocycles. The van der Waals surface area contributed by atoms with Gasteiger partial charge >= 0.3 is 12.1 Å². The average molecular weight is 1320 g/mol. The summed E-state index contributed by atoms with van der Waals surface area (Å²) in [7, 11) is 6.10. The number of amides is 12. The van der Waals surface area contributed by atoms with E-state index >= 15 is 0 Å². The molecule has 1 aliphatic carbocycles. The monoisotopic (exact) mass is 1320 g/mol. The molecule has 2 saturated heterocycles. The summed E-state index contributed by atoms with van der Waals surface area (Å²) in [6.45, 7) is 18.7. The fourth-order valence-electron chi connectivity index (χ4n) is 12.5. The van der Waals surface area contributed by atoms with Crippen molar-refractivity contribution in [3.05, 3.63) is 53.6 Å². The lowest BCUT2D eigenvalue weighted by Crippen LogP contribution is -2.60. The molecule has 9 N–H and O–H groups in total. The van der Waals surface area contributed by atoms with E-state index in [2.05, 4.69) is 31.9 Å². The summed E-state index contributed by atoms with van der Waals surface area (Å²) in [4.78, 5) is 153. The van der Waals surface area contributed by atoms with Crippen molar-refractivity contribution >= 4 is 71.0 Å². The number of aliphatic hydroxyl groups excluding tert-OH is 1. The number of hydrogen-bond donors (Lipinski definition) is 8. The first-order valence-electron chi connectivity index (χ1n) is 33.5. The number of allylic oxidation sites excluding steroid dienone is 2. The molecule has 0 radical (unpaired) electrons. The number of rotatable bonds is 38. The zero-order valence-corrected chi connectivity index (χ0v) is 58.0. The van der Waals surface area contributed by atoms with Gasteiger partial charge in [-0.3, -0.25) is 53.0 Å². The molecular weight excluding hydrogens is 1210 g/mol. The fraction of sp³-hybridized carbons (Fsp3) is 0.691. The van der Waals surface area contributed by atoms with Crippen LogP contribution in [0.4, 0.5) is 15.3 Å². The van der Waals surface area contributed by atoms with Crippen LogP contribution in [-0.4, -0.2) is 199 Å². The number of urea groups is 1. The number of methoxy groups -OCH3 is 2. The highest BCUT2D eigenvalue weighted by Gasteiger charge is 2.44. The number of imide groups is 1. The molecule has 0 saturated carbocycles. The largest absolute Gasteiger partial charge is 0.445 e. The first-order chi connectivity index (χ1) is 44.5. The molecule has 1 aromatic rings. The number of nitrogens with two attached hydrogens (primary N) is 1. The van der Waals surface area contributed by atoms with Gasteiger partial charge in [-0.25, -0.2) is 9.59 Å². The first kappa shape index (κ1) is 79.0. The van der Waals surface area contributed by atoms with Crippen molar-refractivity contribution in [2.24, 2.45) is 35.3 Å². The van der Waals surface area contributed by atoms with E-state index in [0.717, 1.165) is 18.4 Å². The maximum atomic E-state index is 14.8. The normalized spacial score (nSPS) is 18.4. The maximum absolute atomic E-state index is 14.8. The maximum Gasteiger partial charge on any atom is 0.410 e.